The van der Waals surface area contributed by atoms with Crippen LogP contribution in [0.25, 0.3) is 0 Å². The molecule has 0 radical (unpaired) electrons. The molecule has 2 saturated heterocycles. The molecule has 2 N–H and O–H groups in total. The highest BCUT2D eigenvalue weighted by molar-refractivity contribution is 5.85. The molecule has 3 rings (SSSR count). The number of rotatable bonds is 6. The van der Waals surface area contributed by atoms with E-state index < -0.39 is 5.60 Å². The summed E-state index contributed by atoms with van der Waals surface area (Å²) in [6.07, 6.45) is 5.72. The summed E-state index contributed by atoms with van der Waals surface area (Å²) in [6, 6.07) is 11.1. The average Bonchev–Trinajstić information content (AvgIpc) is 2.66. The second kappa shape index (κ2) is 8.98. The Labute approximate surface area is 157 Å². The van der Waals surface area contributed by atoms with Crippen LogP contribution in [0, 0.1) is 0 Å². The fourth-order valence-corrected chi connectivity index (χ4v) is 4.15. The van der Waals surface area contributed by atoms with Gasteiger partial charge in [0.25, 0.3) is 5.91 Å². The molecule has 2 fully saturated rings. The summed E-state index contributed by atoms with van der Waals surface area (Å²) < 4.78 is 0. The van der Waals surface area contributed by atoms with Gasteiger partial charge in [0, 0.05) is 32.2 Å². The van der Waals surface area contributed by atoms with Crippen LogP contribution in [0.15, 0.2) is 30.3 Å². The highest BCUT2D eigenvalue weighted by atomic mass is 16.3. The molecule has 5 nitrogen and oxygen atoms in total. The summed E-state index contributed by atoms with van der Waals surface area (Å²) in [5, 5.41) is 13.6. The lowest BCUT2D eigenvalue weighted by Crippen LogP contribution is -2.53. The predicted octanol–water partition coefficient (Wildman–Crippen LogP) is 2.00. The van der Waals surface area contributed by atoms with Gasteiger partial charge in [0.2, 0.25) is 0 Å². The first kappa shape index (κ1) is 19.3. The monoisotopic (exact) mass is 359 g/mol. The standard InChI is InChI=1S/C21H33N3O2/c1-23-15-11-21(26,12-16-23)20(25)22-13-10-19-9-5-6-14-24(19)17-18-7-3-2-4-8-18/h2-4,7-8,19,26H,5-6,9-17H2,1H3,(H,22,25). The Morgan fingerprint density at radius 1 is 1.19 bits per heavy atom. The second-order valence-electron chi connectivity index (χ2n) is 7.99. The van der Waals surface area contributed by atoms with Crippen molar-refractivity contribution in [2.75, 3.05) is 33.2 Å². The molecule has 144 valence electrons. The van der Waals surface area contributed by atoms with Crippen molar-refractivity contribution in [3.05, 3.63) is 35.9 Å². The predicted molar refractivity (Wildman–Crippen MR) is 104 cm³/mol. The summed E-state index contributed by atoms with van der Waals surface area (Å²) in [4.78, 5) is 17.2. The number of piperidine rings is 2. The molecule has 1 aromatic carbocycles. The Morgan fingerprint density at radius 3 is 2.65 bits per heavy atom. The zero-order valence-corrected chi connectivity index (χ0v) is 16.0. The lowest BCUT2D eigenvalue weighted by Gasteiger charge is -2.37. The molecule has 1 amide bonds. The van der Waals surface area contributed by atoms with Crippen LogP contribution in [0.5, 0.6) is 0 Å². The van der Waals surface area contributed by atoms with Crippen LogP contribution in [0.2, 0.25) is 0 Å². The average molecular weight is 360 g/mol. The van der Waals surface area contributed by atoms with Gasteiger partial charge < -0.3 is 15.3 Å². The van der Waals surface area contributed by atoms with Crippen LogP contribution < -0.4 is 5.32 Å². The van der Waals surface area contributed by atoms with Crippen LogP contribution in [0.4, 0.5) is 0 Å². The van der Waals surface area contributed by atoms with E-state index in [-0.39, 0.29) is 5.91 Å². The number of amides is 1. The van der Waals surface area contributed by atoms with Crippen molar-refractivity contribution in [3.8, 4) is 0 Å². The Bertz CT molecular complexity index is 570. The molecule has 2 aliphatic rings. The second-order valence-corrected chi connectivity index (χ2v) is 7.99. The third kappa shape index (κ3) is 5.06. The topological polar surface area (TPSA) is 55.8 Å². The van der Waals surface area contributed by atoms with Gasteiger partial charge in [-0.1, -0.05) is 36.8 Å². The summed E-state index contributed by atoms with van der Waals surface area (Å²) in [6.45, 7) is 4.31. The van der Waals surface area contributed by atoms with Crippen molar-refractivity contribution < 1.29 is 9.90 Å². The maximum atomic E-state index is 12.4. The van der Waals surface area contributed by atoms with E-state index in [0.29, 0.717) is 25.4 Å². The van der Waals surface area contributed by atoms with Gasteiger partial charge in [0.1, 0.15) is 5.60 Å². The van der Waals surface area contributed by atoms with E-state index >= 15 is 0 Å². The maximum absolute atomic E-state index is 12.4. The van der Waals surface area contributed by atoms with Gasteiger partial charge in [-0.05, 0) is 51.3 Å². The largest absolute Gasteiger partial charge is 0.380 e. The van der Waals surface area contributed by atoms with Crippen LogP contribution in [-0.2, 0) is 11.3 Å². The first-order valence-electron chi connectivity index (χ1n) is 10.0. The molecule has 2 heterocycles. The van der Waals surface area contributed by atoms with Crippen molar-refractivity contribution in [2.45, 2.75) is 56.7 Å². The van der Waals surface area contributed by atoms with E-state index in [2.05, 4.69) is 45.4 Å². The quantitative estimate of drug-likeness (QED) is 0.816. The molecule has 0 bridgehead atoms. The van der Waals surface area contributed by atoms with Crippen molar-refractivity contribution >= 4 is 5.91 Å². The lowest BCUT2D eigenvalue weighted by atomic mass is 9.90. The normalized spacial score (nSPS) is 24.3. The lowest BCUT2D eigenvalue weighted by molar-refractivity contribution is -0.144. The van der Waals surface area contributed by atoms with Crippen LogP contribution in [0.1, 0.15) is 44.1 Å². The van der Waals surface area contributed by atoms with Crippen molar-refractivity contribution in [3.63, 3.8) is 0 Å². The molecule has 1 aromatic rings. The minimum Gasteiger partial charge on any atom is -0.380 e. The van der Waals surface area contributed by atoms with Gasteiger partial charge >= 0.3 is 0 Å². The summed E-state index contributed by atoms with van der Waals surface area (Å²) in [5.41, 5.74) is 0.173. The van der Waals surface area contributed by atoms with E-state index in [0.717, 1.165) is 32.6 Å². The van der Waals surface area contributed by atoms with Gasteiger partial charge in [0.15, 0.2) is 0 Å². The van der Waals surface area contributed by atoms with Gasteiger partial charge in [0.05, 0.1) is 0 Å². The number of nitrogens with one attached hydrogen (secondary N) is 1. The molecule has 0 spiro atoms. The van der Waals surface area contributed by atoms with Gasteiger partial charge in [-0.15, -0.1) is 0 Å². The van der Waals surface area contributed by atoms with E-state index in [1.165, 1.54) is 24.8 Å². The Morgan fingerprint density at radius 2 is 1.92 bits per heavy atom. The first-order chi connectivity index (χ1) is 12.6. The van der Waals surface area contributed by atoms with Crippen molar-refractivity contribution in [1.29, 1.82) is 0 Å². The number of hydrogen-bond acceptors (Lipinski definition) is 4. The maximum Gasteiger partial charge on any atom is 0.252 e. The molecule has 1 unspecified atom stereocenters. The molecule has 0 aliphatic carbocycles. The van der Waals surface area contributed by atoms with E-state index in [4.69, 9.17) is 0 Å². The van der Waals surface area contributed by atoms with E-state index in [9.17, 15) is 9.90 Å². The highest BCUT2D eigenvalue weighted by Crippen LogP contribution is 2.23. The van der Waals surface area contributed by atoms with Gasteiger partial charge in [-0.25, -0.2) is 0 Å². The number of likely N-dealkylation sites (tertiary alicyclic amines) is 2. The fourth-order valence-electron chi connectivity index (χ4n) is 4.15. The third-order valence-corrected chi connectivity index (χ3v) is 5.98. The fraction of sp³-hybridized carbons (Fsp3) is 0.667. The molecule has 5 heteroatoms. The SMILES string of the molecule is CN1CCC(O)(C(=O)NCCC2CCCCN2Cc2ccccc2)CC1. The summed E-state index contributed by atoms with van der Waals surface area (Å²) >= 11 is 0. The number of benzene rings is 1. The zero-order chi connectivity index (χ0) is 18.4. The molecule has 2 aliphatic heterocycles. The summed E-state index contributed by atoms with van der Waals surface area (Å²) in [7, 11) is 2.03. The number of aliphatic hydroxyl groups is 1. The number of carbonyl (C=O) groups is 1. The van der Waals surface area contributed by atoms with E-state index in [1.54, 1.807) is 0 Å². The zero-order valence-electron chi connectivity index (χ0n) is 16.0. The minimum atomic E-state index is -1.18. The Hall–Kier alpha value is -1.43. The van der Waals surface area contributed by atoms with Crippen LogP contribution in [-0.4, -0.2) is 65.7 Å². The Kier molecular flexibility index (Phi) is 6.68. The molecule has 26 heavy (non-hydrogen) atoms. The summed E-state index contributed by atoms with van der Waals surface area (Å²) in [5.74, 6) is -0.184. The smallest absolute Gasteiger partial charge is 0.252 e. The van der Waals surface area contributed by atoms with Gasteiger partial charge in [-0.3, -0.25) is 9.69 Å². The number of carbonyl (C=O) groups excluding carboxylic acids is 1. The molecule has 1 atom stereocenters. The van der Waals surface area contributed by atoms with E-state index in [1.807, 2.05) is 7.05 Å². The molecule has 0 aromatic heterocycles. The molecular weight excluding hydrogens is 326 g/mol. The number of hydrogen-bond donors (Lipinski definition) is 2. The molecular formula is C21H33N3O2. The first-order valence-corrected chi connectivity index (χ1v) is 10.0. The molecule has 0 saturated carbocycles. The Balaban J connectivity index is 1.47. The van der Waals surface area contributed by atoms with Crippen LogP contribution >= 0.6 is 0 Å². The highest BCUT2D eigenvalue weighted by Gasteiger charge is 2.38. The minimum absolute atomic E-state index is 0.184. The number of nitrogens with zero attached hydrogens (tertiary/aromatic N) is 2. The van der Waals surface area contributed by atoms with Crippen molar-refractivity contribution in [2.24, 2.45) is 0 Å². The van der Waals surface area contributed by atoms with Crippen LogP contribution in [0.3, 0.4) is 0 Å². The van der Waals surface area contributed by atoms with Crippen molar-refractivity contribution in [1.82, 2.24) is 15.1 Å². The third-order valence-electron chi connectivity index (χ3n) is 5.98. The van der Waals surface area contributed by atoms with Gasteiger partial charge in [-0.2, -0.15) is 0 Å².